The van der Waals surface area contributed by atoms with Gasteiger partial charge in [-0.1, -0.05) is 24.7 Å². The van der Waals surface area contributed by atoms with Crippen LogP contribution < -0.4 is 5.32 Å². The largest absolute Gasteiger partial charge is 0.384 e. The predicted octanol–water partition coefficient (Wildman–Crippen LogP) is 2.43. The lowest BCUT2D eigenvalue weighted by atomic mass is 9.94. The van der Waals surface area contributed by atoms with Gasteiger partial charge < -0.3 is 10.4 Å². The van der Waals surface area contributed by atoms with Crippen molar-refractivity contribution in [1.29, 1.82) is 0 Å². The number of carbonyl (C=O) groups excluding carboxylic acids is 1. The number of nitrogens with one attached hydrogen (secondary N) is 1. The Morgan fingerprint density at radius 1 is 1.33 bits per heavy atom. The molecule has 1 aliphatic rings. The van der Waals surface area contributed by atoms with Crippen molar-refractivity contribution in [2.45, 2.75) is 37.0 Å². The number of aliphatic hydroxyl groups is 1. The topological polar surface area (TPSA) is 49.3 Å². The lowest BCUT2D eigenvalue weighted by Gasteiger charge is -2.30. The van der Waals surface area contributed by atoms with Crippen LogP contribution in [-0.2, 0) is 0 Å². The Morgan fingerprint density at radius 2 is 2.05 bits per heavy atom. The first-order chi connectivity index (χ1) is 10.2. The molecule has 1 aliphatic carbocycles. The second kappa shape index (κ2) is 8.11. The predicted molar refractivity (Wildman–Crippen MR) is 87.4 cm³/mol. The molecule has 4 heteroatoms. The van der Waals surface area contributed by atoms with Gasteiger partial charge in [0.1, 0.15) is 6.61 Å². The van der Waals surface area contributed by atoms with Crippen LogP contribution in [0.3, 0.4) is 0 Å². The number of rotatable bonds is 3. The Kier molecular flexibility index (Phi) is 6.16. The number of aliphatic hydroxyl groups excluding tert-OH is 1. The summed E-state index contributed by atoms with van der Waals surface area (Å²) in [6.07, 6.45) is 6.82. The second-order valence-electron chi connectivity index (χ2n) is 5.18. The molecule has 0 spiro atoms. The zero-order valence-corrected chi connectivity index (χ0v) is 13.1. The highest BCUT2D eigenvalue weighted by Crippen LogP contribution is 2.27. The maximum Gasteiger partial charge on any atom is 0.251 e. The van der Waals surface area contributed by atoms with Crippen molar-refractivity contribution < 1.29 is 9.90 Å². The molecule has 1 aromatic carbocycles. The lowest BCUT2D eigenvalue weighted by molar-refractivity contribution is 0.0929. The van der Waals surface area contributed by atoms with Gasteiger partial charge in [-0.3, -0.25) is 4.79 Å². The average molecular weight is 303 g/mol. The molecule has 1 aromatic rings. The molecule has 0 saturated heterocycles. The summed E-state index contributed by atoms with van der Waals surface area (Å²) in [5.74, 6) is 5.41. The summed E-state index contributed by atoms with van der Waals surface area (Å²) in [5, 5.41) is 12.3. The SMILES string of the molecule is CSC1CCCCC1NC(=O)c1ccc(C#CCO)cc1. The van der Waals surface area contributed by atoms with Gasteiger partial charge in [-0.25, -0.2) is 0 Å². The van der Waals surface area contributed by atoms with Gasteiger partial charge in [0, 0.05) is 22.4 Å². The summed E-state index contributed by atoms with van der Waals surface area (Å²) in [6, 6.07) is 7.46. The molecule has 0 heterocycles. The van der Waals surface area contributed by atoms with E-state index >= 15 is 0 Å². The molecule has 3 nitrogen and oxygen atoms in total. The maximum atomic E-state index is 12.3. The molecular weight excluding hydrogens is 282 g/mol. The van der Waals surface area contributed by atoms with Crippen LogP contribution >= 0.6 is 11.8 Å². The Morgan fingerprint density at radius 3 is 2.71 bits per heavy atom. The van der Waals surface area contributed by atoms with E-state index in [9.17, 15) is 4.79 Å². The standard InChI is InChI=1S/C17H21NO2S/c1-21-16-7-3-2-6-15(16)18-17(20)14-10-8-13(9-11-14)5-4-12-19/h8-11,15-16,19H,2-3,6-7,12H2,1H3,(H,18,20). The fourth-order valence-electron chi connectivity index (χ4n) is 2.64. The van der Waals surface area contributed by atoms with Crippen molar-refractivity contribution in [3.05, 3.63) is 35.4 Å². The third kappa shape index (κ3) is 4.52. The normalized spacial score (nSPS) is 21.2. The van der Waals surface area contributed by atoms with Gasteiger partial charge in [-0.05, 0) is 43.4 Å². The molecule has 2 rings (SSSR count). The first-order valence-electron chi connectivity index (χ1n) is 7.28. The smallest absolute Gasteiger partial charge is 0.251 e. The average Bonchev–Trinajstić information content (AvgIpc) is 2.54. The number of amides is 1. The van der Waals surface area contributed by atoms with Gasteiger partial charge in [-0.2, -0.15) is 11.8 Å². The van der Waals surface area contributed by atoms with Crippen molar-refractivity contribution >= 4 is 17.7 Å². The third-order valence-corrected chi connectivity index (χ3v) is 4.95. The highest BCUT2D eigenvalue weighted by molar-refractivity contribution is 7.99. The van der Waals surface area contributed by atoms with E-state index in [1.807, 2.05) is 23.9 Å². The van der Waals surface area contributed by atoms with E-state index in [0.717, 1.165) is 12.0 Å². The quantitative estimate of drug-likeness (QED) is 0.843. The zero-order chi connectivity index (χ0) is 15.1. The van der Waals surface area contributed by atoms with E-state index in [4.69, 9.17) is 5.11 Å². The van der Waals surface area contributed by atoms with Gasteiger partial charge in [-0.15, -0.1) is 0 Å². The van der Waals surface area contributed by atoms with Gasteiger partial charge in [0.15, 0.2) is 0 Å². The molecule has 0 aliphatic heterocycles. The molecule has 0 bridgehead atoms. The Balaban J connectivity index is 1.99. The number of hydrogen-bond acceptors (Lipinski definition) is 3. The molecule has 2 atom stereocenters. The molecule has 0 aromatic heterocycles. The van der Waals surface area contributed by atoms with Gasteiger partial charge in [0.2, 0.25) is 0 Å². The van der Waals surface area contributed by atoms with Gasteiger partial charge >= 0.3 is 0 Å². The summed E-state index contributed by atoms with van der Waals surface area (Å²) >= 11 is 1.85. The molecule has 1 amide bonds. The summed E-state index contributed by atoms with van der Waals surface area (Å²) < 4.78 is 0. The highest BCUT2D eigenvalue weighted by atomic mass is 32.2. The number of hydrogen-bond donors (Lipinski definition) is 2. The van der Waals surface area contributed by atoms with Crippen LogP contribution in [0.4, 0.5) is 0 Å². The van der Waals surface area contributed by atoms with Crippen molar-refractivity contribution in [2.24, 2.45) is 0 Å². The minimum atomic E-state index is -0.153. The van der Waals surface area contributed by atoms with Crippen LogP contribution in [0.25, 0.3) is 0 Å². The van der Waals surface area contributed by atoms with Gasteiger partial charge in [0.25, 0.3) is 5.91 Å². The van der Waals surface area contributed by atoms with Crippen LogP contribution in [0.5, 0.6) is 0 Å². The van der Waals surface area contributed by atoms with Crippen LogP contribution in [-0.4, -0.2) is 35.2 Å². The summed E-state index contributed by atoms with van der Waals surface area (Å²) in [6.45, 7) is -0.153. The highest BCUT2D eigenvalue weighted by Gasteiger charge is 2.25. The monoisotopic (exact) mass is 303 g/mol. The second-order valence-corrected chi connectivity index (χ2v) is 6.25. The molecule has 2 N–H and O–H groups in total. The molecule has 0 radical (unpaired) electrons. The number of benzene rings is 1. The molecular formula is C17H21NO2S. The summed E-state index contributed by atoms with van der Waals surface area (Å²) in [7, 11) is 0. The number of thioether (sulfide) groups is 1. The number of carbonyl (C=O) groups is 1. The van der Waals surface area contributed by atoms with E-state index in [-0.39, 0.29) is 18.6 Å². The van der Waals surface area contributed by atoms with Crippen molar-refractivity contribution in [3.63, 3.8) is 0 Å². The molecule has 1 saturated carbocycles. The maximum absolute atomic E-state index is 12.3. The fraction of sp³-hybridized carbons (Fsp3) is 0.471. The fourth-order valence-corrected chi connectivity index (χ4v) is 3.58. The molecule has 2 unspecified atom stereocenters. The van der Waals surface area contributed by atoms with Crippen molar-refractivity contribution in [3.8, 4) is 11.8 Å². The lowest BCUT2D eigenvalue weighted by Crippen LogP contribution is -2.43. The van der Waals surface area contributed by atoms with Gasteiger partial charge in [0.05, 0.1) is 0 Å². The minimum Gasteiger partial charge on any atom is -0.384 e. The molecule has 21 heavy (non-hydrogen) atoms. The van der Waals surface area contributed by atoms with Crippen LogP contribution in [0.1, 0.15) is 41.6 Å². The summed E-state index contributed by atoms with van der Waals surface area (Å²) in [4.78, 5) is 12.3. The molecule has 1 fully saturated rings. The van der Waals surface area contributed by atoms with E-state index < -0.39 is 0 Å². The van der Waals surface area contributed by atoms with E-state index in [1.165, 1.54) is 19.3 Å². The Labute approximate surface area is 130 Å². The van der Waals surface area contributed by atoms with Crippen molar-refractivity contribution in [2.75, 3.05) is 12.9 Å². The Hall–Kier alpha value is -1.44. The van der Waals surface area contributed by atoms with E-state index in [0.29, 0.717) is 10.8 Å². The van der Waals surface area contributed by atoms with Crippen LogP contribution in [0.15, 0.2) is 24.3 Å². The zero-order valence-electron chi connectivity index (χ0n) is 12.3. The minimum absolute atomic E-state index is 0.0115. The first kappa shape index (κ1) is 15.9. The van der Waals surface area contributed by atoms with Crippen molar-refractivity contribution in [1.82, 2.24) is 5.32 Å². The van der Waals surface area contributed by atoms with Crippen LogP contribution in [0.2, 0.25) is 0 Å². The third-order valence-electron chi connectivity index (χ3n) is 3.78. The van der Waals surface area contributed by atoms with Crippen LogP contribution in [0, 0.1) is 11.8 Å². The Bertz CT molecular complexity index is 530. The van der Waals surface area contributed by atoms with E-state index in [1.54, 1.807) is 12.1 Å². The van der Waals surface area contributed by atoms with E-state index in [2.05, 4.69) is 23.4 Å². The molecule has 112 valence electrons. The first-order valence-corrected chi connectivity index (χ1v) is 8.57. The summed E-state index contributed by atoms with van der Waals surface area (Å²) in [5.41, 5.74) is 1.47.